The van der Waals surface area contributed by atoms with E-state index in [0.717, 1.165) is 26.8 Å². The van der Waals surface area contributed by atoms with Gasteiger partial charge in [0.25, 0.3) is 5.91 Å². The van der Waals surface area contributed by atoms with Gasteiger partial charge in [-0.15, -0.1) is 11.3 Å². The van der Waals surface area contributed by atoms with E-state index < -0.39 is 0 Å². The van der Waals surface area contributed by atoms with Crippen LogP contribution in [0.2, 0.25) is 4.34 Å². The average Bonchev–Trinajstić information content (AvgIpc) is 3.20. The molecule has 2 heterocycles. The van der Waals surface area contributed by atoms with Gasteiger partial charge in [0, 0.05) is 29.1 Å². The normalized spacial score (nSPS) is 13.8. The third-order valence-corrected chi connectivity index (χ3v) is 6.31. The Morgan fingerprint density at radius 2 is 1.83 bits per heavy atom. The maximum absolute atomic E-state index is 12.9. The molecule has 3 N–H and O–H groups in total. The van der Waals surface area contributed by atoms with Crippen molar-refractivity contribution in [2.75, 3.05) is 13.1 Å². The number of hydrogen-bond acceptors (Lipinski definition) is 3. The summed E-state index contributed by atoms with van der Waals surface area (Å²) in [6.45, 7) is 1.23. The Morgan fingerprint density at radius 3 is 2.45 bits per heavy atom. The number of nitrogens with one attached hydrogen (secondary N) is 1. The lowest BCUT2D eigenvalue weighted by molar-refractivity contribution is 0.0773. The maximum Gasteiger partial charge on any atom is 0.254 e. The summed E-state index contributed by atoms with van der Waals surface area (Å²) in [4.78, 5) is 15.8. The third kappa shape index (κ3) is 4.26. The molecule has 0 saturated heterocycles. The van der Waals surface area contributed by atoms with Crippen molar-refractivity contribution in [2.45, 2.75) is 6.42 Å². The Kier molecular flexibility index (Phi) is 5.51. The minimum Gasteiger partial charge on any atom is -0.384 e. The molecular weight excluding hydrogens is 402 g/mol. The lowest BCUT2D eigenvalue weighted by Crippen LogP contribution is -2.34. The van der Waals surface area contributed by atoms with Crippen molar-refractivity contribution in [2.24, 2.45) is 5.73 Å². The van der Waals surface area contributed by atoms with E-state index in [2.05, 4.69) is 6.08 Å². The molecule has 1 aliphatic rings. The van der Waals surface area contributed by atoms with Gasteiger partial charge in [0.2, 0.25) is 0 Å². The van der Waals surface area contributed by atoms with Gasteiger partial charge in [0.1, 0.15) is 5.84 Å². The van der Waals surface area contributed by atoms with Gasteiger partial charge in [-0.25, -0.2) is 0 Å². The number of benzene rings is 2. The summed E-state index contributed by atoms with van der Waals surface area (Å²) < 4.78 is 0.755. The SMILES string of the molecule is N=C(N)c1cccc(C2=CCN(C(=O)c3ccc(-c4ccc(Cl)s4)cc3)CC2)c1. The number of nitrogens with two attached hydrogens (primary N) is 1. The zero-order valence-electron chi connectivity index (χ0n) is 15.7. The number of nitrogens with zero attached hydrogens (tertiary/aromatic N) is 1. The molecule has 4 rings (SSSR count). The average molecular weight is 422 g/mol. The van der Waals surface area contributed by atoms with Crippen molar-refractivity contribution in [3.63, 3.8) is 0 Å². The van der Waals surface area contributed by atoms with Crippen LogP contribution in [-0.4, -0.2) is 29.7 Å². The van der Waals surface area contributed by atoms with Gasteiger partial charge in [-0.3, -0.25) is 10.2 Å². The van der Waals surface area contributed by atoms with Crippen LogP contribution in [0.3, 0.4) is 0 Å². The van der Waals surface area contributed by atoms with Gasteiger partial charge in [-0.05, 0) is 53.5 Å². The second-order valence-corrected chi connectivity index (χ2v) is 8.62. The molecule has 3 aromatic rings. The summed E-state index contributed by atoms with van der Waals surface area (Å²) in [5.74, 6) is 0.0990. The van der Waals surface area contributed by atoms with E-state index in [1.54, 1.807) is 0 Å². The zero-order chi connectivity index (χ0) is 20.4. The third-order valence-electron chi connectivity index (χ3n) is 5.03. The minimum absolute atomic E-state index is 0.0357. The minimum atomic E-state index is 0.0357. The zero-order valence-corrected chi connectivity index (χ0v) is 17.3. The van der Waals surface area contributed by atoms with E-state index in [1.165, 1.54) is 16.9 Å². The van der Waals surface area contributed by atoms with Crippen molar-refractivity contribution < 1.29 is 4.79 Å². The van der Waals surface area contributed by atoms with Crippen molar-refractivity contribution >= 4 is 40.3 Å². The van der Waals surface area contributed by atoms with Gasteiger partial charge < -0.3 is 10.6 Å². The Morgan fingerprint density at radius 1 is 1.03 bits per heavy atom. The van der Waals surface area contributed by atoms with Gasteiger partial charge in [0.05, 0.1) is 4.34 Å². The van der Waals surface area contributed by atoms with Gasteiger partial charge in [0.15, 0.2) is 0 Å². The van der Waals surface area contributed by atoms with Crippen LogP contribution >= 0.6 is 22.9 Å². The van der Waals surface area contributed by atoms with Crippen LogP contribution in [0.4, 0.5) is 0 Å². The maximum atomic E-state index is 12.9. The molecule has 0 unspecified atom stereocenters. The van der Waals surface area contributed by atoms with Crippen LogP contribution < -0.4 is 5.73 Å². The number of thiophene rings is 1. The van der Waals surface area contributed by atoms with E-state index in [4.69, 9.17) is 22.7 Å². The monoisotopic (exact) mass is 421 g/mol. The second-order valence-electron chi connectivity index (χ2n) is 6.91. The van der Waals surface area contributed by atoms with E-state index in [9.17, 15) is 4.79 Å². The fraction of sp³-hybridized carbons (Fsp3) is 0.130. The molecule has 0 bridgehead atoms. The fourth-order valence-electron chi connectivity index (χ4n) is 3.43. The van der Waals surface area contributed by atoms with Gasteiger partial charge >= 0.3 is 0 Å². The van der Waals surface area contributed by atoms with Crippen LogP contribution in [-0.2, 0) is 0 Å². The highest BCUT2D eigenvalue weighted by atomic mass is 35.5. The van der Waals surface area contributed by atoms with Crippen LogP contribution in [0.5, 0.6) is 0 Å². The van der Waals surface area contributed by atoms with Gasteiger partial charge in [-0.1, -0.05) is 48.0 Å². The van der Waals surface area contributed by atoms with E-state index in [-0.39, 0.29) is 11.7 Å². The Labute approximate surface area is 178 Å². The molecule has 1 aliphatic heterocycles. The topological polar surface area (TPSA) is 70.2 Å². The summed E-state index contributed by atoms with van der Waals surface area (Å²) >= 11 is 7.53. The van der Waals surface area contributed by atoms with Crippen LogP contribution in [0, 0.1) is 5.41 Å². The smallest absolute Gasteiger partial charge is 0.254 e. The highest BCUT2D eigenvalue weighted by molar-refractivity contribution is 7.19. The Bertz CT molecular complexity index is 1100. The lowest BCUT2D eigenvalue weighted by atomic mass is 9.97. The molecular formula is C23H20ClN3OS. The van der Waals surface area contributed by atoms with Crippen molar-refractivity contribution in [1.29, 1.82) is 5.41 Å². The predicted molar refractivity (Wildman–Crippen MR) is 121 cm³/mol. The number of rotatable bonds is 4. The molecule has 0 spiro atoms. The second kappa shape index (κ2) is 8.23. The molecule has 6 heteroatoms. The van der Waals surface area contributed by atoms with Crippen LogP contribution in [0.25, 0.3) is 16.0 Å². The van der Waals surface area contributed by atoms with Crippen LogP contribution in [0.1, 0.15) is 27.9 Å². The van der Waals surface area contributed by atoms with E-state index in [1.807, 2.05) is 65.6 Å². The first-order valence-corrected chi connectivity index (χ1v) is 10.5. The van der Waals surface area contributed by atoms with E-state index >= 15 is 0 Å². The molecule has 0 fully saturated rings. The Balaban J connectivity index is 1.46. The highest BCUT2D eigenvalue weighted by Gasteiger charge is 2.19. The molecule has 29 heavy (non-hydrogen) atoms. The van der Waals surface area contributed by atoms with Gasteiger partial charge in [-0.2, -0.15) is 0 Å². The number of halogens is 1. The summed E-state index contributed by atoms with van der Waals surface area (Å²) in [5, 5.41) is 7.60. The standard InChI is InChI=1S/C23H20ClN3OS/c24-21-9-8-20(29-21)16-4-6-17(7-5-16)23(28)27-12-10-15(11-13-27)18-2-1-3-19(14-18)22(25)26/h1-10,14H,11-13H2,(H3,25,26). The fourth-order valence-corrected chi connectivity index (χ4v) is 4.48. The molecule has 146 valence electrons. The predicted octanol–water partition coefficient (Wildman–Crippen LogP) is 5.28. The molecule has 4 nitrogen and oxygen atoms in total. The number of hydrogen-bond donors (Lipinski definition) is 2. The number of carbonyl (C=O) groups is 1. The first kappa shape index (κ1) is 19.4. The quantitative estimate of drug-likeness (QED) is 0.444. The summed E-state index contributed by atoms with van der Waals surface area (Å²) in [5.41, 5.74) is 10.3. The molecule has 0 saturated carbocycles. The summed E-state index contributed by atoms with van der Waals surface area (Å²) in [6.07, 6.45) is 2.86. The molecule has 0 radical (unpaired) electrons. The number of amides is 1. The molecule has 0 atom stereocenters. The largest absolute Gasteiger partial charge is 0.384 e. The summed E-state index contributed by atoms with van der Waals surface area (Å²) in [7, 11) is 0. The Hall–Kier alpha value is -2.89. The first-order chi connectivity index (χ1) is 14.0. The number of carbonyl (C=O) groups excluding carboxylic acids is 1. The van der Waals surface area contributed by atoms with Crippen LogP contribution in [0.15, 0.2) is 66.7 Å². The molecule has 1 amide bonds. The number of amidine groups is 1. The molecule has 1 aromatic heterocycles. The number of nitrogen functional groups attached to an aromatic ring is 1. The molecule has 0 aliphatic carbocycles. The summed E-state index contributed by atoms with van der Waals surface area (Å²) in [6, 6.07) is 19.2. The van der Waals surface area contributed by atoms with Crippen molar-refractivity contribution in [1.82, 2.24) is 4.90 Å². The highest BCUT2D eigenvalue weighted by Crippen LogP contribution is 2.31. The van der Waals surface area contributed by atoms with Crippen molar-refractivity contribution in [3.8, 4) is 10.4 Å². The van der Waals surface area contributed by atoms with E-state index in [0.29, 0.717) is 24.2 Å². The van der Waals surface area contributed by atoms with Crippen molar-refractivity contribution in [3.05, 3.63) is 87.8 Å². The first-order valence-electron chi connectivity index (χ1n) is 9.30. The molecule has 2 aromatic carbocycles. The lowest BCUT2D eigenvalue weighted by Gasteiger charge is -2.27.